The first kappa shape index (κ1) is 9.32. The Morgan fingerprint density at radius 1 is 1.38 bits per heavy atom. The molecule has 0 amide bonds. The molecule has 0 saturated heterocycles. The molecule has 0 unspecified atom stereocenters. The monoisotopic (exact) mass is 170 g/mol. The smallest absolute Gasteiger partial charge is 0.0994 e. The van der Waals surface area contributed by atoms with E-state index in [2.05, 4.69) is 17.9 Å². The van der Waals surface area contributed by atoms with E-state index in [0.29, 0.717) is 12.1 Å². The van der Waals surface area contributed by atoms with Crippen LogP contribution >= 0.6 is 0 Å². The summed E-state index contributed by atoms with van der Waals surface area (Å²) in [6.07, 6.45) is 0. The van der Waals surface area contributed by atoms with E-state index in [-0.39, 0.29) is 0 Å². The van der Waals surface area contributed by atoms with Gasteiger partial charge < -0.3 is 5.73 Å². The molecular weight excluding hydrogens is 160 g/mol. The minimum Gasteiger partial charge on any atom is -0.320 e. The SMILES string of the molecule is Cc1c(C#N)cccc1C#CCN. The molecule has 1 aromatic carbocycles. The fraction of sp³-hybridized carbons (Fsp3) is 0.182. The standard InChI is InChI=1S/C11H10N2/c1-9-10(6-3-7-12)4-2-5-11(9)8-13/h2,4-5H,7,12H2,1H3. The van der Waals surface area contributed by atoms with Gasteiger partial charge >= 0.3 is 0 Å². The van der Waals surface area contributed by atoms with Gasteiger partial charge in [-0.2, -0.15) is 5.26 Å². The van der Waals surface area contributed by atoms with Crippen molar-refractivity contribution in [3.63, 3.8) is 0 Å². The molecule has 13 heavy (non-hydrogen) atoms. The van der Waals surface area contributed by atoms with Crippen LogP contribution in [0, 0.1) is 30.1 Å². The maximum Gasteiger partial charge on any atom is 0.0994 e. The Balaban J connectivity index is 3.18. The average molecular weight is 170 g/mol. The predicted molar refractivity (Wildman–Crippen MR) is 51.8 cm³/mol. The summed E-state index contributed by atoms with van der Waals surface area (Å²) in [7, 11) is 0. The normalized spacial score (nSPS) is 8.38. The molecule has 1 rings (SSSR count). The highest BCUT2D eigenvalue weighted by molar-refractivity contribution is 5.49. The number of hydrogen-bond acceptors (Lipinski definition) is 2. The van der Waals surface area contributed by atoms with Gasteiger partial charge in [0.15, 0.2) is 0 Å². The average Bonchev–Trinajstić information content (AvgIpc) is 2.16. The molecular formula is C11H10N2. The molecule has 0 heterocycles. The highest BCUT2D eigenvalue weighted by Crippen LogP contribution is 2.11. The van der Waals surface area contributed by atoms with Gasteiger partial charge in [0.05, 0.1) is 18.2 Å². The van der Waals surface area contributed by atoms with E-state index in [0.717, 1.165) is 11.1 Å². The van der Waals surface area contributed by atoms with Gasteiger partial charge in [-0.15, -0.1) is 0 Å². The second-order valence-electron chi connectivity index (χ2n) is 2.60. The largest absolute Gasteiger partial charge is 0.320 e. The lowest BCUT2D eigenvalue weighted by Crippen LogP contribution is -1.94. The van der Waals surface area contributed by atoms with E-state index in [1.165, 1.54) is 0 Å². The van der Waals surface area contributed by atoms with Crippen molar-refractivity contribution >= 4 is 0 Å². The molecule has 0 fully saturated rings. The maximum absolute atomic E-state index is 8.75. The zero-order chi connectivity index (χ0) is 9.68. The zero-order valence-corrected chi connectivity index (χ0v) is 7.46. The number of nitriles is 1. The van der Waals surface area contributed by atoms with E-state index in [1.54, 1.807) is 6.07 Å². The molecule has 2 heteroatoms. The van der Waals surface area contributed by atoms with Gasteiger partial charge in [0.25, 0.3) is 0 Å². The maximum atomic E-state index is 8.75. The van der Waals surface area contributed by atoms with E-state index >= 15 is 0 Å². The van der Waals surface area contributed by atoms with Gasteiger partial charge in [-0.25, -0.2) is 0 Å². The van der Waals surface area contributed by atoms with Crippen molar-refractivity contribution in [2.75, 3.05) is 6.54 Å². The van der Waals surface area contributed by atoms with Crippen molar-refractivity contribution in [2.45, 2.75) is 6.92 Å². The van der Waals surface area contributed by atoms with Gasteiger partial charge in [0.1, 0.15) is 0 Å². The Kier molecular flexibility index (Phi) is 3.09. The van der Waals surface area contributed by atoms with Gasteiger partial charge in [-0.05, 0) is 24.6 Å². The second kappa shape index (κ2) is 4.30. The summed E-state index contributed by atoms with van der Waals surface area (Å²) in [5.41, 5.74) is 7.73. The molecule has 0 spiro atoms. The summed E-state index contributed by atoms with van der Waals surface area (Å²) >= 11 is 0. The number of nitrogens with zero attached hydrogens (tertiary/aromatic N) is 1. The van der Waals surface area contributed by atoms with Crippen LogP contribution in [-0.2, 0) is 0 Å². The first-order valence-corrected chi connectivity index (χ1v) is 3.98. The van der Waals surface area contributed by atoms with Crippen LogP contribution in [0.15, 0.2) is 18.2 Å². The molecule has 2 N–H and O–H groups in total. The lowest BCUT2D eigenvalue weighted by atomic mass is 10.0. The Morgan fingerprint density at radius 3 is 2.69 bits per heavy atom. The quantitative estimate of drug-likeness (QED) is 0.594. The van der Waals surface area contributed by atoms with Crippen LogP contribution in [0.25, 0.3) is 0 Å². The Labute approximate surface area is 78.0 Å². The van der Waals surface area contributed by atoms with Crippen LogP contribution in [0.5, 0.6) is 0 Å². The number of benzene rings is 1. The van der Waals surface area contributed by atoms with Gasteiger partial charge in [0.2, 0.25) is 0 Å². The predicted octanol–water partition coefficient (Wildman–Crippen LogP) is 1.18. The molecule has 0 bridgehead atoms. The van der Waals surface area contributed by atoms with Crippen LogP contribution < -0.4 is 5.73 Å². The van der Waals surface area contributed by atoms with Crippen molar-refractivity contribution in [3.8, 4) is 17.9 Å². The lowest BCUT2D eigenvalue weighted by Gasteiger charge is -1.98. The van der Waals surface area contributed by atoms with Crippen LogP contribution in [0.1, 0.15) is 16.7 Å². The minimum atomic E-state index is 0.343. The summed E-state index contributed by atoms with van der Waals surface area (Å²) in [5, 5.41) is 8.75. The fourth-order valence-corrected chi connectivity index (χ4v) is 1.04. The minimum absolute atomic E-state index is 0.343. The van der Waals surface area contributed by atoms with Gasteiger partial charge in [0, 0.05) is 5.56 Å². The summed E-state index contributed by atoms with van der Waals surface area (Å²) in [6.45, 7) is 2.23. The van der Waals surface area contributed by atoms with E-state index < -0.39 is 0 Å². The number of nitrogens with two attached hydrogens (primary N) is 1. The number of rotatable bonds is 0. The zero-order valence-electron chi connectivity index (χ0n) is 7.46. The molecule has 0 radical (unpaired) electrons. The third-order valence-electron chi connectivity index (χ3n) is 1.78. The van der Waals surface area contributed by atoms with E-state index in [1.807, 2.05) is 19.1 Å². The van der Waals surface area contributed by atoms with E-state index in [9.17, 15) is 0 Å². The van der Waals surface area contributed by atoms with Crippen molar-refractivity contribution < 1.29 is 0 Å². The summed E-state index contributed by atoms with van der Waals surface area (Å²) in [6, 6.07) is 7.61. The van der Waals surface area contributed by atoms with Crippen molar-refractivity contribution in [2.24, 2.45) is 5.73 Å². The van der Waals surface area contributed by atoms with Crippen LogP contribution in [0.3, 0.4) is 0 Å². The first-order chi connectivity index (χ1) is 6.29. The molecule has 0 aromatic heterocycles. The Morgan fingerprint density at radius 2 is 2.08 bits per heavy atom. The molecule has 0 aliphatic heterocycles. The molecule has 1 aromatic rings. The van der Waals surface area contributed by atoms with Crippen LogP contribution in [0.2, 0.25) is 0 Å². The summed E-state index contributed by atoms with van der Waals surface area (Å²) in [5.74, 6) is 5.69. The highest BCUT2D eigenvalue weighted by atomic mass is 14.5. The van der Waals surface area contributed by atoms with Crippen molar-refractivity contribution in [1.82, 2.24) is 0 Å². The van der Waals surface area contributed by atoms with Gasteiger partial charge in [-0.3, -0.25) is 0 Å². The second-order valence-corrected chi connectivity index (χ2v) is 2.60. The topological polar surface area (TPSA) is 49.8 Å². The van der Waals surface area contributed by atoms with E-state index in [4.69, 9.17) is 11.0 Å². The Hall–Kier alpha value is -1.77. The fourth-order valence-electron chi connectivity index (χ4n) is 1.04. The third-order valence-corrected chi connectivity index (χ3v) is 1.78. The Bertz CT molecular complexity index is 402. The third kappa shape index (κ3) is 2.08. The first-order valence-electron chi connectivity index (χ1n) is 3.98. The molecule has 2 nitrogen and oxygen atoms in total. The summed E-state index contributed by atoms with van der Waals surface area (Å²) in [4.78, 5) is 0. The molecule has 0 aliphatic carbocycles. The molecule has 64 valence electrons. The lowest BCUT2D eigenvalue weighted by molar-refractivity contribution is 1.30. The molecule has 0 saturated carbocycles. The summed E-state index contributed by atoms with van der Waals surface area (Å²) < 4.78 is 0. The highest BCUT2D eigenvalue weighted by Gasteiger charge is 1.99. The number of hydrogen-bond donors (Lipinski definition) is 1. The van der Waals surface area contributed by atoms with Crippen molar-refractivity contribution in [3.05, 3.63) is 34.9 Å². The van der Waals surface area contributed by atoms with Crippen molar-refractivity contribution in [1.29, 1.82) is 5.26 Å². The van der Waals surface area contributed by atoms with Crippen LogP contribution in [0.4, 0.5) is 0 Å². The van der Waals surface area contributed by atoms with Crippen LogP contribution in [-0.4, -0.2) is 6.54 Å². The molecule has 0 atom stereocenters. The molecule has 0 aliphatic rings. The van der Waals surface area contributed by atoms with Gasteiger partial charge in [-0.1, -0.05) is 17.9 Å².